The van der Waals surface area contributed by atoms with Crippen LogP contribution in [-0.2, 0) is 21.3 Å². The van der Waals surface area contributed by atoms with Gasteiger partial charge in [0.15, 0.2) is 9.84 Å². The number of nitrogens with zero attached hydrogens (tertiary/aromatic N) is 1. The maximum atomic E-state index is 13.0. The van der Waals surface area contributed by atoms with Crippen LogP contribution < -0.4 is 0 Å². The van der Waals surface area contributed by atoms with Gasteiger partial charge in [0, 0.05) is 0 Å². The first-order chi connectivity index (χ1) is 9.48. The zero-order valence-corrected chi connectivity index (χ0v) is 11.4. The minimum Gasteiger partial charge on any atom is -0.228 e. The molecule has 20 heavy (non-hydrogen) atoms. The van der Waals surface area contributed by atoms with Gasteiger partial charge in [-0.3, -0.25) is 0 Å². The molecule has 0 unspecified atom stereocenters. The second kappa shape index (κ2) is 5.85. The Labute approximate surface area is 117 Å². The highest BCUT2D eigenvalue weighted by atomic mass is 32.2. The van der Waals surface area contributed by atoms with Crippen molar-refractivity contribution in [2.75, 3.05) is 0 Å². The fourth-order valence-corrected chi connectivity index (χ4v) is 3.39. The molecule has 0 saturated carbocycles. The van der Waals surface area contributed by atoms with E-state index < -0.39 is 15.7 Å². The van der Waals surface area contributed by atoms with E-state index in [2.05, 4.69) is 0 Å². The first kappa shape index (κ1) is 14.2. The van der Waals surface area contributed by atoms with E-state index >= 15 is 0 Å². The summed E-state index contributed by atoms with van der Waals surface area (Å²) in [5, 5.41) is 8.78. The molecule has 0 bridgehead atoms. The average Bonchev–Trinajstić information content (AvgIpc) is 2.37. The number of sulfone groups is 1. The summed E-state index contributed by atoms with van der Waals surface area (Å²) in [7, 11) is -3.41. The molecule has 0 saturated heterocycles. The normalized spacial score (nSPS) is 11.0. The predicted octanol–water partition coefficient (Wildman–Crippen LogP) is 2.81. The van der Waals surface area contributed by atoms with Crippen LogP contribution in [0.2, 0.25) is 0 Å². The Morgan fingerprint density at radius 3 is 2.20 bits per heavy atom. The Kier molecular flexibility index (Phi) is 4.16. The largest absolute Gasteiger partial charge is 0.228 e. The van der Waals surface area contributed by atoms with Crippen LogP contribution in [0.15, 0.2) is 48.5 Å². The molecule has 2 aromatic carbocycles. The van der Waals surface area contributed by atoms with Crippen LogP contribution in [0.25, 0.3) is 0 Å². The van der Waals surface area contributed by atoms with E-state index in [0.29, 0.717) is 16.7 Å². The molecule has 0 amide bonds. The van der Waals surface area contributed by atoms with E-state index in [1.54, 1.807) is 30.3 Å². The standard InChI is InChI=1S/C15H12FNO2S/c16-15-6-2-5-14(8-15)11-20(18,19)10-13-4-1-3-12(7-13)9-17/h1-8H,10-11H2. The minimum absolute atomic E-state index is 0.168. The third-order valence-corrected chi connectivity index (χ3v) is 4.26. The maximum absolute atomic E-state index is 13.0. The second-order valence-electron chi connectivity index (χ2n) is 4.47. The number of hydrogen-bond acceptors (Lipinski definition) is 3. The van der Waals surface area contributed by atoms with Crippen LogP contribution in [0.4, 0.5) is 4.39 Å². The van der Waals surface area contributed by atoms with E-state index in [9.17, 15) is 12.8 Å². The molecule has 0 aliphatic carbocycles. The molecule has 0 N–H and O–H groups in total. The summed E-state index contributed by atoms with van der Waals surface area (Å²) in [6, 6.07) is 14.0. The highest BCUT2D eigenvalue weighted by molar-refractivity contribution is 7.89. The lowest BCUT2D eigenvalue weighted by molar-refractivity contribution is 0.594. The summed E-state index contributed by atoms with van der Waals surface area (Å²) in [5.74, 6) is -0.843. The lowest BCUT2D eigenvalue weighted by atomic mass is 10.2. The number of halogens is 1. The van der Waals surface area contributed by atoms with E-state index in [0.717, 1.165) is 0 Å². The number of rotatable bonds is 4. The molecule has 0 aromatic heterocycles. The van der Waals surface area contributed by atoms with Gasteiger partial charge in [0.25, 0.3) is 0 Å². The zero-order chi connectivity index (χ0) is 14.6. The molecule has 5 heteroatoms. The van der Waals surface area contributed by atoms with Crippen molar-refractivity contribution in [1.29, 1.82) is 5.26 Å². The molecule has 0 fully saturated rings. The van der Waals surface area contributed by atoms with Gasteiger partial charge in [-0.05, 0) is 35.4 Å². The molecule has 2 aromatic rings. The third-order valence-electron chi connectivity index (χ3n) is 2.72. The topological polar surface area (TPSA) is 57.9 Å². The van der Waals surface area contributed by atoms with Crippen molar-refractivity contribution >= 4 is 9.84 Å². The molecule has 0 radical (unpaired) electrons. The van der Waals surface area contributed by atoms with Gasteiger partial charge in [0.2, 0.25) is 0 Å². The van der Waals surface area contributed by atoms with Crippen molar-refractivity contribution in [1.82, 2.24) is 0 Å². The molecular formula is C15H12FNO2S. The van der Waals surface area contributed by atoms with Crippen molar-refractivity contribution in [3.8, 4) is 6.07 Å². The van der Waals surface area contributed by atoms with Crippen LogP contribution in [-0.4, -0.2) is 8.42 Å². The summed E-state index contributed by atoms with van der Waals surface area (Å²) >= 11 is 0. The highest BCUT2D eigenvalue weighted by Crippen LogP contribution is 2.14. The van der Waals surface area contributed by atoms with Gasteiger partial charge in [-0.25, -0.2) is 12.8 Å². The Hall–Kier alpha value is -2.19. The van der Waals surface area contributed by atoms with E-state index in [1.165, 1.54) is 18.2 Å². The first-order valence-electron chi connectivity index (χ1n) is 5.92. The summed E-state index contributed by atoms with van der Waals surface area (Å²) in [6.07, 6.45) is 0. The van der Waals surface area contributed by atoms with Crippen molar-refractivity contribution in [3.63, 3.8) is 0 Å². The Bertz CT molecular complexity index is 763. The molecule has 0 spiro atoms. The van der Waals surface area contributed by atoms with Crippen LogP contribution >= 0.6 is 0 Å². The van der Waals surface area contributed by atoms with E-state index in [-0.39, 0.29) is 11.5 Å². The lowest BCUT2D eigenvalue weighted by Crippen LogP contribution is -2.08. The summed E-state index contributed by atoms with van der Waals surface area (Å²) < 4.78 is 37.2. The lowest BCUT2D eigenvalue weighted by Gasteiger charge is -2.05. The van der Waals surface area contributed by atoms with Gasteiger partial charge >= 0.3 is 0 Å². The monoisotopic (exact) mass is 289 g/mol. The molecular weight excluding hydrogens is 277 g/mol. The van der Waals surface area contributed by atoms with Crippen molar-refractivity contribution in [3.05, 3.63) is 71.0 Å². The fraction of sp³-hybridized carbons (Fsp3) is 0.133. The fourth-order valence-electron chi connectivity index (χ4n) is 1.92. The van der Waals surface area contributed by atoms with Crippen molar-refractivity contribution in [2.24, 2.45) is 0 Å². The van der Waals surface area contributed by atoms with Gasteiger partial charge in [-0.1, -0.05) is 24.3 Å². The Morgan fingerprint density at radius 2 is 1.60 bits per heavy atom. The van der Waals surface area contributed by atoms with Gasteiger partial charge < -0.3 is 0 Å². The van der Waals surface area contributed by atoms with Crippen LogP contribution in [0, 0.1) is 17.1 Å². The SMILES string of the molecule is N#Cc1cccc(CS(=O)(=O)Cc2cccc(F)c2)c1. The third kappa shape index (κ3) is 3.90. The zero-order valence-electron chi connectivity index (χ0n) is 10.6. The van der Waals surface area contributed by atoms with Crippen molar-refractivity contribution in [2.45, 2.75) is 11.5 Å². The minimum atomic E-state index is -3.41. The molecule has 3 nitrogen and oxygen atoms in total. The molecule has 0 atom stereocenters. The van der Waals surface area contributed by atoms with Gasteiger partial charge in [0.05, 0.1) is 23.1 Å². The van der Waals surface area contributed by atoms with Gasteiger partial charge in [-0.15, -0.1) is 0 Å². The predicted molar refractivity (Wildman–Crippen MR) is 73.9 cm³/mol. The number of nitriles is 1. The second-order valence-corrected chi connectivity index (χ2v) is 6.54. The summed E-state index contributed by atoms with van der Waals surface area (Å²) in [5.41, 5.74) is 1.39. The molecule has 102 valence electrons. The quantitative estimate of drug-likeness (QED) is 0.869. The first-order valence-corrected chi connectivity index (χ1v) is 7.74. The smallest absolute Gasteiger partial charge is 0.158 e. The molecule has 0 aliphatic rings. The summed E-state index contributed by atoms with van der Waals surface area (Å²) in [4.78, 5) is 0. The van der Waals surface area contributed by atoms with E-state index in [1.807, 2.05) is 6.07 Å². The molecule has 2 rings (SSSR count). The number of hydrogen-bond donors (Lipinski definition) is 0. The van der Waals surface area contributed by atoms with Crippen LogP contribution in [0.1, 0.15) is 16.7 Å². The number of benzene rings is 2. The molecule has 0 aliphatic heterocycles. The maximum Gasteiger partial charge on any atom is 0.158 e. The van der Waals surface area contributed by atoms with Crippen LogP contribution in [0.5, 0.6) is 0 Å². The van der Waals surface area contributed by atoms with Crippen LogP contribution in [0.3, 0.4) is 0 Å². The Morgan fingerprint density at radius 1 is 1.00 bits per heavy atom. The van der Waals surface area contributed by atoms with Crippen molar-refractivity contribution < 1.29 is 12.8 Å². The molecule has 0 heterocycles. The van der Waals surface area contributed by atoms with Gasteiger partial charge in [0.1, 0.15) is 5.82 Å². The van der Waals surface area contributed by atoms with Gasteiger partial charge in [-0.2, -0.15) is 5.26 Å². The van der Waals surface area contributed by atoms with E-state index in [4.69, 9.17) is 5.26 Å². The highest BCUT2D eigenvalue weighted by Gasteiger charge is 2.14. The Balaban J connectivity index is 2.17. The summed E-state index contributed by atoms with van der Waals surface area (Å²) in [6.45, 7) is 0. The average molecular weight is 289 g/mol.